The zero-order chi connectivity index (χ0) is 12.4. The van der Waals surface area contributed by atoms with Gasteiger partial charge in [-0.25, -0.2) is 0 Å². The lowest BCUT2D eigenvalue weighted by molar-refractivity contribution is 0.0966. The van der Waals surface area contributed by atoms with Crippen LogP contribution >= 0.6 is 34.8 Å². The molecule has 0 bridgehead atoms. The maximum atomic E-state index is 11.8. The normalized spacial score (nSPS) is 10.5. The molecular formula is C12H7Cl3O2. The molecule has 0 atom stereocenters. The van der Waals surface area contributed by atoms with Crippen LogP contribution in [0.4, 0.5) is 0 Å². The molecule has 1 aromatic heterocycles. The minimum atomic E-state index is -0.193. The first-order chi connectivity index (χ1) is 8.06. The molecule has 0 fully saturated rings. The lowest BCUT2D eigenvalue weighted by Gasteiger charge is -2.02. The highest BCUT2D eigenvalue weighted by molar-refractivity contribution is 6.33. The molecule has 2 rings (SSSR count). The van der Waals surface area contributed by atoms with Crippen LogP contribution < -0.4 is 0 Å². The summed E-state index contributed by atoms with van der Waals surface area (Å²) in [6.07, 6.45) is 0.128. The fraction of sp³-hybridized carbons (Fsp3) is 0.0833. The summed E-state index contributed by atoms with van der Waals surface area (Å²) in [5.41, 5.74) is 0.664. The molecule has 17 heavy (non-hydrogen) atoms. The van der Waals surface area contributed by atoms with E-state index in [1.807, 2.05) is 0 Å². The second kappa shape index (κ2) is 5.13. The zero-order valence-corrected chi connectivity index (χ0v) is 10.8. The number of rotatable bonds is 3. The van der Waals surface area contributed by atoms with E-state index in [2.05, 4.69) is 0 Å². The van der Waals surface area contributed by atoms with Crippen molar-refractivity contribution in [2.45, 2.75) is 6.42 Å². The summed E-state index contributed by atoms with van der Waals surface area (Å²) in [5.74, 6) is 0.0205. The summed E-state index contributed by atoms with van der Waals surface area (Å²) in [6.45, 7) is 0. The van der Waals surface area contributed by atoms with Crippen molar-refractivity contribution in [1.82, 2.24) is 0 Å². The van der Waals surface area contributed by atoms with Gasteiger partial charge >= 0.3 is 0 Å². The average Bonchev–Trinajstić information content (AvgIpc) is 2.70. The first-order valence-corrected chi connectivity index (χ1v) is 5.92. The van der Waals surface area contributed by atoms with Gasteiger partial charge in [-0.05, 0) is 47.5 Å². The maximum absolute atomic E-state index is 11.8. The monoisotopic (exact) mass is 288 g/mol. The molecule has 0 radical (unpaired) electrons. The number of carbonyl (C=O) groups is 1. The molecule has 0 amide bonds. The Kier molecular flexibility index (Phi) is 3.77. The first kappa shape index (κ1) is 12.5. The molecule has 1 aromatic carbocycles. The van der Waals surface area contributed by atoms with Crippen LogP contribution in [0.2, 0.25) is 15.3 Å². The first-order valence-electron chi connectivity index (χ1n) is 4.79. The van der Waals surface area contributed by atoms with E-state index < -0.39 is 0 Å². The van der Waals surface area contributed by atoms with Gasteiger partial charge in [-0.1, -0.05) is 23.2 Å². The van der Waals surface area contributed by atoms with E-state index in [9.17, 15) is 4.79 Å². The largest absolute Gasteiger partial charge is 0.442 e. The summed E-state index contributed by atoms with van der Waals surface area (Å²) < 4.78 is 5.03. The molecule has 1 heterocycles. The number of furan rings is 1. The number of halogens is 3. The van der Waals surface area contributed by atoms with Gasteiger partial charge in [0, 0.05) is 16.5 Å². The van der Waals surface area contributed by atoms with Gasteiger partial charge in [0.15, 0.2) is 11.0 Å². The van der Waals surface area contributed by atoms with Crippen molar-refractivity contribution in [2.24, 2.45) is 0 Å². The smallest absolute Gasteiger partial charge is 0.202 e. The Balaban J connectivity index is 2.21. The van der Waals surface area contributed by atoms with Gasteiger partial charge in [-0.15, -0.1) is 0 Å². The second-order valence-electron chi connectivity index (χ2n) is 3.44. The van der Waals surface area contributed by atoms with Crippen LogP contribution in [-0.4, -0.2) is 5.78 Å². The van der Waals surface area contributed by atoms with Crippen LogP contribution in [0, 0.1) is 0 Å². The van der Waals surface area contributed by atoms with Crippen molar-refractivity contribution >= 4 is 40.6 Å². The van der Waals surface area contributed by atoms with E-state index in [1.54, 1.807) is 18.2 Å². The molecule has 0 unspecified atom stereocenters. The Hall–Kier alpha value is -0.960. The highest BCUT2D eigenvalue weighted by Gasteiger charge is 2.13. The summed E-state index contributed by atoms with van der Waals surface area (Å²) in [7, 11) is 0. The third kappa shape index (κ3) is 3.03. The second-order valence-corrected chi connectivity index (χ2v) is 4.66. The standard InChI is InChI=1S/C12H7Cl3O2/c13-8-1-2-9(14)7(5-8)6-10(16)11-3-4-12(15)17-11/h1-5H,6H2. The summed E-state index contributed by atoms with van der Waals surface area (Å²) >= 11 is 17.4. The quantitative estimate of drug-likeness (QED) is 0.769. The predicted molar refractivity (Wildman–Crippen MR) is 68.2 cm³/mol. The predicted octanol–water partition coefficient (Wildman–Crippen LogP) is 4.67. The molecule has 0 saturated heterocycles. The Morgan fingerprint density at radius 3 is 2.53 bits per heavy atom. The number of hydrogen-bond donors (Lipinski definition) is 0. The summed E-state index contributed by atoms with van der Waals surface area (Å²) in [4.78, 5) is 11.8. The molecule has 2 aromatic rings. The fourth-order valence-electron chi connectivity index (χ4n) is 1.40. The molecule has 2 nitrogen and oxygen atoms in total. The number of carbonyl (C=O) groups excluding carboxylic acids is 1. The third-order valence-corrected chi connectivity index (χ3v) is 3.01. The van der Waals surface area contributed by atoms with Crippen molar-refractivity contribution in [1.29, 1.82) is 0 Å². The maximum Gasteiger partial charge on any atom is 0.202 e. The molecule has 5 heteroatoms. The number of Topliss-reactive ketones (excluding diaryl/α,β-unsaturated/α-hetero) is 1. The Labute approximate surface area is 113 Å². The average molecular weight is 290 g/mol. The molecule has 0 N–H and O–H groups in total. The molecule has 88 valence electrons. The number of hydrogen-bond acceptors (Lipinski definition) is 2. The van der Waals surface area contributed by atoms with Crippen molar-refractivity contribution in [3.8, 4) is 0 Å². The highest BCUT2D eigenvalue weighted by Crippen LogP contribution is 2.23. The van der Waals surface area contributed by atoms with Crippen LogP contribution in [-0.2, 0) is 6.42 Å². The van der Waals surface area contributed by atoms with Gasteiger partial charge in [-0.2, -0.15) is 0 Å². The van der Waals surface area contributed by atoms with Crippen LogP contribution in [0.3, 0.4) is 0 Å². The number of benzene rings is 1. The molecule has 0 aliphatic heterocycles. The van der Waals surface area contributed by atoms with E-state index in [-0.39, 0.29) is 23.2 Å². The van der Waals surface area contributed by atoms with Crippen molar-refractivity contribution < 1.29 is 9.21 Å². The van der Waals surface area contributed by atoms with Crippen molar-refractivity contribution in [3.63, 3.8) is 0 Å². The van der Waals surface area contributed by atoms with Crippen LogP contribution in [0.15, 0.2) is 34.7 Å². The third-order valence-electron chi connectivity index (χ3n) is 2.21. The topological polar surface area (TPSA) is 30.2 Å². The summed E-state index contributed by atoms with van der Waals surface area (Å²) in [6, 6.07) is 8.03. The Bertz CT molecular complexity index is 561. The lowest BCUT2D eigenvalue weighted by atomic mass is 10.1. The lowest BCUT2D eigenvalue weighted by Crippen LogP contribution is -2.02. The zero-order valence-electron chi connectivity index (χ0n) is 8.54. The van der Waals surface area contributed by atoms with Crippen LogP contribution in [0.1, 0.15) is 16.1 Å². The van der Waals surface area contributed by atoms with E-state index in [0.29, 0.717) is 15.6 Å². The van der Waals surface area contributed by atoms with E-state index >= 15 is 0 Å². The minimum absolute atomic E-state index is 0.128. The fourth-order valence-corrected chi connectivity index (χ4v) is 1.93. The van der Waals surface area contributed by atoms with Crippen LogP contribution in [0.25, 0.3) is 0 Å². The highest BCUT2D eigenvalue weighted by atomic mass is 35.5. The van der Waals surface area contributed by atoms with Gasteiger partial charge in [0.05, 0.1) is 0 Å². The number of ketones is 1. The Morgan fingerprint density at radius 2 is 1.88 bits per heavy atom. The van der Waals surface area contributed by atoms with Gasteiger partial charge in [0.1, 0.15) is 0 Å². The van der Waals surface area contributed by atoms with E-state index in [1.165, 1.54) is 12.1 Å². The van der Waals surface area contributed by atoms with Gasteiger partial charge in [0.25, 0.3) is 0 Å². The van der Waals surface area contributed by atoms with Crippen LogP contribution in [0.5, 0.6) is 0 Å². The molecule has 0 saturated carbocycles. The van der Waals surface area contributed by atoms with Crippen molar-refractivity contribution in [3.05, 3.63) is 56.9 Å². The minimum Gasteiger partial charge on any atom is -0.442 e. The SMILES string of the molecule is O=C(Cc1cc(Cl)ccc1Cl)c1ccc(Cl)o1. The van der Waals surface area contributed by atoms with E-state index in [4.69, 9.17) is 39.2 Å². The van der Waals surface area contributed by atoms with Gasteiger partial charge in [-0.3, -0.25) is 4.79 Å². The molecule has 0 aliphatic carbocycles. The molecule has 0 spiro atoms. The van der Waals surface area contributed by atoms with Gasteiger partial charge < -0.3 is 4.42 Å². The Morgan fingerprint density at radius 1 is 1.12 bits per heavy atom. The summed E-state index contributed by atoms with van der Waals surface area (Å²) in [5, 5.41) is 1.22. The molecule has 0 aliphatic rings. The molecular weight excluding hydrogens is 282 g/mol. The van der Waals surface area contributed by atoms with Crippen molar-refractivity contribution in [2.75, 3.05) is 0 Å². The van der Waals surface area contributed by atoms with E-state index in [0.717, 1.165) is 0 Å². The van der Waals surface area contributed by atoms with Gasteiger partial charge in [0.2, 0.25) is 5.78 Å².